The molecule has 0 spiro atoms. The summed E-state index contributed by atoms with van der Waals surface area (Å²) in [6, 6.07) is 0. The lowest BCUT2D eigenvalue weighted by Gasteiger charge is -2.33. The van der Waals surface area contributed by atoms with Crippen LogP contribution in [0.15, 0.2) is 14.4 Å². The van der Waals surface area contributed by atoms with E-state index in [4.69, 9.17) is 9.40 Å². The summed E-state index contributed by atoms with van der Waals surface area (Å²) in [5.74, 6) is 2.27. The Morgan fingerprint density at radius 1 is 1.31 bits per heavy atom. The van der Waals surface area contributed by atoms with Crippen molar-refractivity contribution in [1.29, 1.82) is 0 Å². The number of hydrogen-bond donors (Lipinski definition) is 0. The zero-order valence-electron chi connectivity index (χ0n) is 17.7. The van der Waals surface area contributed by atoms with Gasteiger partial charge in [-0.3, -0.25) is 9.36 Å². The van der Waals surface area contributed by atoms with Crippen LogP contribution < -0.4 is 5.56 Å². The minimum absolute atomic E-state index is 0.104. The lowest BCUT2D eigenvalue weighted by Crippen LogP contribution is -2.27. The van der Waals surface area contributed by atoms with Gasteiger partial charge in [0.2, 0.25) is 11.8 Å². The smallest absolute Gasteiger partial charge is 0.263 e. The molecule has 1 aliphatic carbocycles. The maximum atomic E-state index is 13.4. The Morgan fingerprint density at radius 3 is 2.76 bits per heavy atom. The van der Waals surface area contributed by atoms with Gasteiger partial charge in [0, 0.05) is 18.3 Å². The summed E-state index contributed by atoms with van der Waals surface area (Å²) in [4.78, 5) is 20.6. The molecule has 3 aromatic heterocycles. The van der Waals surface area contributed by atoms with Crippen molar-refractivity contribution in [2.24, 2.45) is 11.3 Å². The number of aromatic nitrogens is 4. The van der Waals surface area contributed by atoms with Crippen molar-refractivity contribution in [3.8, 4) is 0 Å². The molecule has 8 heteroatoms. The fourth-order valence-electron chi connectivity index (χ4n) is 4.03. The van der Waals surface area contributed by atoms with Crippen LogP contribution in [-0.2, 0) is 25.1 Å². The molecule has 29 heavy (non-hydrogen) atoms. The van der Waals surface area contributed by atoms with Crippen LogP contribution in [0.5, 0.6) is 0 Å². The van der Waals surface area contributed by atoms with Gasteiger partial charge in [0.05, 0.1) is 11.1 Å². The first kappa shape index (κ1) is 20.6. The Labute approximate surface area is 179 Å². The average molecular weight is 433 g/mol. The Kier molecular flexibility index (Phi) is 5.59. The van der Waals surface area contributed by atoms with Gasteiger partial charge in [0.25, 0.3) is 5.56 Å². The molecular formula is C21H28N4O2S2. The molecule has 0 fully saturated rings. The van der Waals surface area contributed by atoms with Crippen LogP contribution in [-0.4, -0.2) is 19.7 Å². The van der Waals surface area contributed by atoms with E-state index in [1.165, 1.54) is 22.2 Å². The van der Waals surface area contributed by atoms with Gasteiger partial charge in [0.15, 0.2) is 5.16 Å². The number of hydrogen-bond acceptors (Lipinski definition) is 7. The monoisotopic (exact) mass is 432 g/mol. The second kappa shape index (κ2) is 7.87. The Morgan fingerprint density at radius 2 is 2.10 bits per heavy atom. The molecule has 1 unspecified atom stereocenters. The standard InChI is InChI=1S/C21H28N4O2S2/c1-6-9-25-19(26)17-14-8-7-13(21(3,4)5)10-15(14)29-18(17)22-20(25)28-11-16-24-23-12(2)27-16/h13H,6-11H2,1-5H3. The summed E-state index contributed by atoms with van der Waals surface area (Å²) >= 11 is 3.21. The van der Waals surface area contributed by atoms with Crippen molar-refractivity contribution in [3.63, 3.8) is 0 Å². The maximum Gasteiger partial charge on any atom is 0.263 e. The van der Waals surface area contributed by atoms with Crippen LogP contribution in [0.2, 0.25) is 0 Å². The van der Waals surface area contributed by atoms with Crippen LogP contribution in [0.25, 0.3) is 10.2 Å². The fourth-order valence-corrected chi connectivity index (χ4v) is 6.23. The quantitative estimate of drug-likeness (QED) is 0.417. The first-order valence-electron chi connectivity index (χ1n) is 10.2. The second-order valence-corrected chi connectivity index (χ2v) is 10.9. The van der Waals surface area contributed by atoms with Crippen LogP contribution in [0.1, 0.15) is 62.8 Å². The first-order valence-corrected chi connectivity index (χ1v) is 12.0. The number of fused-ring (bicyclic) bond motifs is 3. The Hall–Kier alpha value is -1.67. The van der Waals surface area contributed by atoms with E-state index in [0.29, 0.717) is 30.0 Å². The van der Waals surface area contributed by atoms with E-state index in [2.05, 4.69) is 37.9 Å². The van der Waals surface area contributed by atoms with E-state index in [0.717, 1.165) is 41.1 Å². The largest absolute Gasteiger partial charge is 0.425 e. The summed E-state index contributed by atoms with van der Waals surface area (Å²) in [5.41, 5.74) is 1.64. The zero-order chi connectivity index (χ0) is 20.8. The molecule has 3 aromatic rings. The molecule has 0 radical (unpaired) electrons. The molecule has 0 bridgehead atoms. The van der Waals surface area contributed by atoms with Crippen molar-refractivity contribution in [2.75, 3.05) is 0 Å². The van der Waals surface area contributed by atoms with Gasteiger partial charge in [0.1, 0.15) is 4.83 Å². The van der Waals surface area contributed by atoms with E-state index < -0.39 is 0 Å². The summed E-state index contributed by atoms with van der Waals surface area (Å²) in [6.07, 6.45) is 4.06. The molecule has 0 saturated carbocycles. The van der Waals surface area contributed by atoms with E-state index in [1.807, 2.05) is 4.57 Å². The topological polar surface area (TPSA) is 73.8 Å². The number of thioether (sulfide) groups is 1. The minimum Gasteiger partial charge on any atom is -0.425 e. The summed E-state index contributed by atoms with van der Waals surface area (Å²) < 4.78 is 7.31. The average Bonchev–Trinajstić information content (AvgIpc) is 3.24. The summed E-state index contributed by atoms with van der Waals surface area (Å²) in [6.45, 7) is 11.5. The van der Waals surface area contributed by atoms with Gasteiger partial charge >= 0.3 is 0 Å². The lowest BCUT2D eigenvalue weighted by atomic mass is 9.72. The van der Waals surface area contributed by atoms with Crippen molar-refractivity contribution in [1.82, 2.24) is 19.7 Å². The predicted molar refractivity (Wildman–Crippen MR) is 118 cm³/mol. The van der Waals surface area contributed by atoms with Gasteiger partial charge < -0.3 is 4.42 Å². The molecule has 6 nitrogen and oxygen atoms in total. The third-order valence-corrected chi connectivity index (χ3v) is 7.81. The van der Waals surface area contributed by atoms with E-state index in [1.54, 1.807) is 18.3 Å². The maximum absolute atomic E-state index is 13.4. The molecule has 3 heterocycles. The first-order chi connectivity index (χ1) is 13.8. The Balaban J connectivity index is 1.73. The van der Waals surface area contributed by atoms with Gasteiger partial charge in [-0.25, -0.2) is 4.98 Å². The Bertz CT molecular complexity index is 1090. The van der Waals surface area contributed by atoms with Crippen LogP contribution in [0.3, 0.4) is 0 Å². The third-order valence-electron chi connectivity index (χ3n) is 5.70. The minimum atomic E-state index is 0.104. The highest BCUT2D eigenvalue weighted by atomic mass is 32.2. The summed E-state index contributed by atoms with van der Waals surface area (Å²) in [7, 11) is 0. The lowest BCUT2D eigenvalue weighted by molar-refractivity contribution is 0.218. The highest BCUT2D eigenvalue weighted by Gasteiger charge is 2.32. The van der Waals surface area contributed by atoms with Gasteiger partial charge in [-0.05, 0) is 42.6 Å². The molecule has 4 rings (SSSR count). The normalized spacial score (nSPS) is 17.1. The second-order valence-electron chi connectivity index (χ2n) is 8.84. The van der Waals surface area contributed by atoms with E-state index in [9.17, 15) is 4.79 Å². The SMILES string of the molecule is CCCn1c(SCc2nnc(C)o2)nc2sc3c(c2c1=O)CCC(C(C)(C)C)C3. The molecule has 0 saturated heterocycles. The summed E-state index contributed by atoms with van der Waals surface area (Å²) in [5, 5.41) is 9.53. The highest BCUT2D eigenvalue weighted by molar-refractivity contribution is 7.98. The molecule has 0 amide bonds. The van der Waals surface area contributed by atoms with Gasteiger partial charge in [-0.1, -0.05) is 39.5 Å². The molecule has 0 aromatic carbocycles. The molecule has 1 atom stereocenters. The number of nitrogens with zero attached hydrogens (tertiary/aromatic N) is 4. The van der Waals surface area contributed by atoms with Crippen molar-refractivity contribution >= 4 is 33.3 Å². The van der Waals surface area contributed by atoms with Crippen molar-refractivity contribution < 1.29 is 4.42 Å². The predicted octanol–water partition coefficient (Wildman–Crippen LogP) is 5.00. The van der Waals surface area contributed by atoms with Crippen LogP contribution in [0.4, 0.5) is 0 Å². The molecule has 156 valence electrons. The molecule has 1 aliphatic rings. The van der Waals surface area contributed by atoms with Crippen molar-refractivity contribution in [3.05, 3.63) is 32.6 Å². The van der Waals surface area contributed by atoms with E-state index >= 15 is 0 Å². The zero-order valence-corrected chi connectivity index (χ0v) is 19.4. The molecule has 0 aliphatic heterocycles. The number of rotatable bonds is 5. The third kappa shape index (κ3) is 4.01. The van der Waals surface area contributed by atoms with Gasteiger partial charge in [-0.15, -0.1) is 21.5 Å². The van der Waals surface area contributed by atoms with Gasteiger partial charge in [-0.2, -0.15) is 0 Å². The van der Waals surface area contributed by atoms with Crippen LogP contribution in [0, 0.1) is 18.3 Å². The highest BCUT2D eigenvalue weighted by Crippen LogP contribution is 2.42. The molecule has 0 N–H and O–H groups in total. The molecular weight excluding hydrogens is 404 g/mol. The van der Waals surface area contributed by atoms with Crippen LogP contribution >= 0.6 is 23.1 Å². The van der Waals surface area contributed by atoms with Crippen molar-refractivity contribution in [2.45, 2.75) is 77.8 Å². The van der Waals surface area contributed by atoms with E-state index in [-0.39, 0.29) is 11.0 Å². The fraction of sp³-hybridized carbons (Fsp3) is 0.619. The number of aryl methyl sites for hydroxylation is 2. The number of thiophene rings is 1.